The van der Waals surface area contributed by atoms with E-state index in [1.54, 1.807) is 5.48 Å². The predicted molar refractivity (Wildman–Crippen MR) is 87.7 cm³/mol. The van der Waals surface area contributed by atoms with Crippen molar-refractivity contribution in [3.05, 3.63) is 26.4 Å². The fraction of sp³-hybridized carbons (Fsp3) is 0.385. The van der Waals surface area contributed by atoms with E-state index in [-0.39, 0.29) is 6.54 Å². The van der Waals surface area contributed by atoms with E-state index in [1.165, 1.54) is 0 Å². The smallest absolute Gasteiger partial charge is 0.262 e. The van der Waals surface area contributed by atoms with E-state index in [2.05, 4.69) is 53.5 Å². The van der Waals surface area contributed by atoms with Crippen LogP contribution in [0.4, 0.5) is 5.82 Å². The first-order valence-electron chi connectivity index (χ1n) is 6.52. The number of fused-ring (bicyclic) bond motifs is 1. The molecule has 0 saturated carbocycles. The summed E-state index contributed by atoms with van der Waals surface area (Å²) in [7, 11) is 0. The lowest BCUT2D eigenvalue weighted by Gasteiger charge is -2.09. The summed E-state index contributed by atoms with van der Waals surface area (Å²) < 4.78 is 3.92. The van der Waals surface area contributed by atoms with Crippen LogP contribution in [0.25, 0.3) is 5.65 Å². The SMILES string of the molecule is CCCc1c(NCC(=O)NO)nc2c(Br)cc(Br)c(C)n12. The van der Waals surface area contributed by atoms with Gasteiger partial charge in [-0.25, -0.2) is 10.5 Å². The first-order chi connectivity index (χ1) is 9.99. The third-order valence-electron chi connectivity index (χ3n) is 3.15. The number of carbonyl (C=O) groups is 1. The molecule has 6 nitrogen and oxygen atoms in total. The zero-order valence-electron chi connectivity index (χ0n) is 11.7. The lowest BCUT2D eigenvalue weighted by Crippen LogP contribution is -2.27. The fourth-order valence-electron chi connectivity index (χ4n) is 2.17. The Morgan fingerprint density at radius 1 is 1.43 bits per heavy atom. The summed E-state index contributed by atoms with van der Waals surface area (Å²) >= 11 is 7.05. The topological polar surface area (TPSA) is 78.7 Å². The van der Waals surface area contributed by atoms with Crippen LogP contribution >= 0.6 is 31.9 Å². The van der Waals surface area contributed by atoms with E-state index in [9.17, 15) is 4.79 Å². The highest BCUT2D eigenvalue weighted by molar-refractivity contribution is 9.11. The molecule has 8 heteroatoms. The maximum absolute atomic E-state index is 11.2. The molecular weight excluding hydrogens is 404 g/mol. The molecule has 0 atom stereocenters. The van der Waals surface area contributed by atoms with Crippen LogP contribution in [0.3, 0.4) is 0 Å². The van der Waals surface area contributed by atoms with Crippen molar-refractivity contribution in [1.82, 2.24) is 14.9 Å². The molecule has 0 unspecified atom stereocenters. The standard InChI is InChI=1S/C13H16Br2N4O2/c1-3-4-10-12(16-6-11(20)18-21)17-13-9(15)5-8(14)7(2)19(10)13/h5,16,21H,3-4,6H2,1-2H3,(H,18,20). The van der Waals surface area contributed by atoms with E-state index in [0.717, 1.165) is 38.8 Å². The zero-order valence-corrected chi connectivity index (χ0v) is 14.9. The molecule has 3 N–H and O–H groups in total. The third-order valence-corrected chi connectivity index (χ3v) is 4.54. The van der Waals surface area contributed by atoms with Crippen molar-refractivity contribution in [2.24, 2.45) is 0 Å². The van der Waals surface area contributed by atoms with Gasteiger partial charge in [0.05, 0.1) is 16.7 Å². The zero-order chi connectivity index (χ0) is 15.6. The second-order valence-electron chi connectivity index (χ2n) is 4.63. The van der Waals surface area contributed by atoms with Crippen LogP contribution in [0.1, 0.15) is 24.7 Å². The highest BCUT2D eigenvalue weighted by Crippen LogP contribution is 2.30. The van der Waals surface area contributed by atoms with Gasteiger partial charge in [-0.05, 0) is 51.3 Å². The second-order valence-corrected chi connectivity index (χ2v) is 6.34. The van der Waals surface area contributed by atoms with Gasteiger partial charge in [0.15, 0.2) is 5.65 Å². The van der Waals surface area contributed by atoms with Gasteiger partial charge in [0, 0.05) is 10.2 Å². The summed E-state index contributed by atoms with van der Waals surface area (Å²) in [6.45, 7) is 4.06. The average Bonchev–Trinajstić information content (AvgIpc) is 2.82. The highest BCUT2D eigenvalue weighted by Gasteiger charge is 2.17. The Bertz CT molecular complexity index is 685. The van der Waals surface area contributed by atoms with Gasteiger partial charge in [-0.2, -0.15) is 0 Å². The lowest BCUT2D eigenvalue weighted by atomic mass is 10.2. The lowest BCUT2D eigenvalue weighted by molar-refractivity contribution is -0.127. The minimum atomic E-state index is -0.508. The number of amides is 1. The first kappa shape index (κ1) is 16.3. The maximum Gasteiger partial charge on any atom is 0.262 e. The maximum atomic E-state index is 11.2. The fourth-order valence-corrected chi connectivity index (χ4v) is 3.38. The Hall–Kier alpha value is -1.12. The number of hydrogen-bond acceptors (Lipinski definition) is 4. The molecule has 2 heterocycles. The van der Waals surface area contributed by atoms with E-state index >= 15 is 0 Å². The Kier molecular flexibility index (Phi) is 5.23. The minimum Gasteiger partial charge on any atom is -0.359 e. The molecule has 2 rings (SSSR count). The monoisotopic (exact) mass is 418 g/mol. The van der Waals surface area contributed by atoms with Crippen molar-refractivity contribution in [1.29, 1.82) is 0 Å². The van der Waals surface area contributed by atoms with Gasteiger partial charge >= 0.3 is 0 Å². The summed E-state index contributed by atoms with van der Waals surface area (Å²) in [5, 5.41) is 11.5. The molecule has 0 saturated heterocycles. The Labute approximate surface area is 139 Å². The van der Waals surface area contributed by atoms with Gasteiger partial charge in [0.25, 0.3) is 5.91 Å². The molecular formula is C13H16Br2N4O2. The van der Waals surface area contributed by atoms with Crippen molar-refractivity contribution < 1.29 is 10.0 Å². The van der Waals surface area contributed by atoms with Gasteiger partial charge in [0.1, 0.15) is 5.82 Å². The number of hydroxylamine groups is 1. The molecule has 21 heavy (non-hydrogen) atoms. The number of pyridine rings is 1. The van der Waals surface area contributed by atoms with E-state index in [1.807, 2.05) is 13.0 Å². The summed E-state index contributed by atoms with van der Waals surface area (Å²) in [4.78, 5) is 15.7. The highest BCUT2D eigenvalue weighted by atomic mass is 79.9. The Balaban J connectivity index is 2.54. The Morgan fingerprint density at radius 2 is 2.14 bits per heavy atom. The van der Waals surface area contributed by atoms with Crippen molar-refractivity contribution in [3.8, 4) is 0 Å². The van der Waals surface area contributed by atoms with Gasteiger partial charge in [-0.1, -0.05) is 13.3 Å². The summed E-state index contributed by atoms with van der Waals surface area (Å²) in [5.74, 6) is 0.147. The van der Waals surface area contributed by atoms with Gasteiger partial charge < -0.3 is 5.32 Å². The number of halogens is 2. The number of aromatic nitrogens is 2. The van der Waals surface area contributed by atoms with Crippen LogP contribution in [-0.4, -0.2) is 27.0 Å². The molecule has 0 fully saturated rings. The molecule has 0 aliphatic rings. The van der Waals surface area contributed by atoms with E-state index in [4.69, 9.17) is 5.21 Å². The summed E-state index contributed by atoms with van der Waals surface area (Å²) in [6.07, 6.45) is 1.78. The van der Waals surface area contributed by atoms with Crippen molar-refractivity contribution in [2.75, 3.05) is 11.9 Å². The summed E-state index contributed by atoms with van der Waals surface area (Å²) in [6, 6.07) is 1.96. The van der Waals surface area contributed by atoms with Crippen LogP contribution in [0, 0.1) is 6.92 Å². The molecule has 2 aromatic rings. The molecule has 0 aliphatic heterocycles. The largest absolute Gasteiger partial charge is 0.359 e. The molecule has 0 aromatic carbocycles. The quantitative estimate of drug-likeness (QED) is 0.514. The van der Waals surface area contributed by atoms with Gasteiger partial charge in [0.2, 0.25) is 0 Å². The first-order valence-corrected chi connectivity index (χ1v) is 8.10. The Morgan fingerprint density at radius 3 is 2.76 bits per heavy atom. The van der Waals surface area contributed by atoms with Crippen LogP contribution in [0.5, 0.6) is 0 Å². The molecule has 0 spiro atoms. The average molecular weight is 420 g/mol. The molecule has 2 aromatic heterocycles. The number of anilines is 1. The normalized spacial score (nSPS) is 10.9. The number of rotatable bonds is 5. The van der Waals surface area contributed by atoms with Gasteiger partial charge in [-0.3, -0.25) is 14.4 Å². The number of aryl methyl sites for hydroxylation is 2. The van der Waals surface area contributed by atoms with E-state index in [0.29, 0.717) is 5.82 Å². The third kappa shape index (κ3) is 3.22. The van der Waals surface area contributed by atoms with Crippen molar-refractivity contribution in [3.63, 3.8) is 0 Å². The van der Waals surface area contributed by atoms with Crippen molar-refractivity contribution in [2.45, 2.75) is 26.7 Å². The van der Waals surface area contributed by atoms with Crippen LogP contribution < -0.4 is 10.8 Å². The van der Waals surface area contributed by atoms with E-state index < -0.39 is 5.91 Å². The summed E-state index contributed by atoms with van der Waals surface area (Å²) in [5.41, 5.74) is 4.45. The number of imidazole rings is 1. The number of hydrogen-bond donors (Lipinski definition) is 3. The molecule has 0 bridgehead atoms. The van der Waals surface area contributed by atoms with Gasteiger partial charge in [-0.15, -0.1) is 0 Å². The molecule has 0 aliphatic carbocycles. The minimum absolute atomic E-state index is 0.0328. The number of carbonyl (C=O) groups excluding carboxylic acids is 1. The van der Waals surface area contributed by atoms with Crippen molar-refractivity contribution >= 4 is 49.2 Å². The predicted octanol–water partition coefficient (Wildman–Crippen LogP) is 3.04. The van der Waals surface area contributed by atoms with Crippen LogP contribution in [0.2, 0.25) is 0 Å². The molecule has 0 radical (unpaired) electrons. The second kappa shape index (κ2) is 6.76. The number of nitrogens with zero attached hydrogens (tertiary/aromatic N) is 2. The van der Waals surface area contributed by atoms with Crippen LogP contribution in [0.15, 0.2) is 15.0 Å². The molecule has 114 valence electrons. The number of nitrogens with one attached hydrogen (secondary N) is 2. The molecule has 1 amide bonds. The van der Waals surface area contributed by atoms with Crippen LogP contribution in [-0.2, 0) is 11.2 Å².